The van der Waals surface area contributed by atoms with E-state index in [0.717, 1.165) is 12.5 Å². The van der Waals surface area contributed by atoms with Crippen molar-refractivity contribution in [3.8, 4) is 0 Å². The molecular formula is C18H26N4. The van der Waals surface area contributed by atoms with E-state index >= 15 is 0 Å². The van der Waals surface area contributed by atoms with Crippen molar-refractivity contribution in [2.75, 3.05) is 6.54 Å². The summed E-state index contributed by atoms with van der Waals surface area (Å²) in [6.07, 6.45) is 9.60. The highest BCUT2D eigenvalue weighted by atomic mass is 15.3. The molecule has 118 valence electrons. The summed E-state index contributed by atoms with van der Waals surface area (Å²) in [4.78, 5) is 4.28. The molecule has 0 amide bonds. The van der Waals surface area contributed by atoms with E-state index in [-0.39, 0.29) is 6.04 Å². The zero-order valence-electron chi connectivity index (χ0n) is 13.8. The van der Waals surface area contributed by atoms with Gasteiger partial charge in [0.1, 0.15) is 0 Å². The molecular weight excluding hydrogens is 272 g/mol. The Kier molecular flexibility index (Phi) is 4.30. The van der Waals surface area contributed by atoms with Gasteiger partial charge < -0.3 is 5.32 Å². The fraction of sp³-hybridized carbons (Fsp3) is 0.556. The van der Waals surface area contributed by atoms with Crippen molar-refractivity contribution in [1.82, 2.24) is 20.1 Å². The van der Waals surface area contributed by atoms with Crippen molar-refractivity contribution in [1.29, 1.82) is 0 Å². The minimum Gasteiger partial charge on any atom is -0.305 e. The molecule has 2 unspecified atom stereocenters. The highest BCUT2D eigenvalue weighted by Gasteiger charge is 2.31. The second-order valence-corrected chi connectivity index (χ2v) is 7.28. The van der Waals surface area contributed by atoms with Gasteiger partial charge in [-0.1, -0.05) is 19.9 Å². The number of hydrogen-bond acceptors (Lipinski definition) is 3. The third-order valence-corrected chi connectivity index (χ3v) is 4.85. The van der Waals surface area contributed by atoms with E-state index < -0.39 is 0 Å². The van der Waals surface area contributed by atoms with Crippen LogP contribution in [-0.4, -0.2) is 21.3 Å². The summed E-state index contributed by atoms with van der Waals surface area (Å²) < 4.78 is 1.95. The molecule has 22 heavy (non-hydrogen) atoms. The monoisotopic (exact) mass is 298 g/mol. The van der Waals surface area contributed by atoms with Gasteiger partial charge in [0.25, 0.3) is 0 Å². The van der Waals surface area contributed by atoms with Crippen LogP contribution in [0.5, 0.6) is 0 Å². The highest BCUT2D eigenvalue weighted by molar-refractivity contribution is 5.24. The Morgan fingerprint density at radius 2 is 2.23 bits per heavy atom. The van der Waals surface area contributed by atoms with Crippen molar-refractivity contribution >= 4 is 0 Å². The van der Waals surface area contributed by atoms with E-state index in [0.29, 0.717) is 5.41 Å². The Hall–Kier alpha value is -1.68. The third-order valence-electron chi connectivity index (χ3n) is 4.85. The van der Waals surface area contributed by atoms with Crippen LogP contribution in [0.25, 0.3) is 0 Å². The standard InChI is InChI=1S/C18H26N4/c1-18(2)8-6-14(11-18)12-20-17(15-5-4-9-19-13-15)16-7-10-21-22(16)3/h4-5,7,9-10,13-14,17,20H,6,8,11-12H2,1-3H3. The molecule has 4 nitrogen and oxygen atoms in total. The lowest BCUT2D eigenvalue weighted by molar-refractivity contribution is 0.351. The topological polar surface area (TPSA) is 42.7 Å². The minimum absolute atomic E-state index is 0.157. The van der Waals surface area contributed by atoms with Gasteiger partial charge in [0, 0.05) is 25.6 Å². The normalized spacial score (nSPS) is 21.9. The van der Waals surface area contributed by atoms with Gasteiger partial charge in [0.15, 0.2) is 0 Å². The fourth-order valence-electron chi connectivity index (χ4n) is 3.65. The molecule has 1 saturated carbocycles. The Balaban J connectivity index is 1.74. The average Bonchev–Trinajstić information content (AvgIpc) is 3.07. The predicted molar refractivity (Wildman–Crippen MR) is 88.4 cm³/mol. The number of nitrogens with zero attached hydrogens (tertiary/aromatic N) is 3. The largest absolute Gasteiger partial charge is 0.305 e. The first-order valence-electron chi connectivity index (χ1n) is 8.16. The summed E-state index contributed by atoms with van der Waals surface area (Å²) in [6.45, 7) is 5.81. The molecule has 2 aromatic rings. The summed E-state index contributed by atoms with van der Waals surface area (Å²) in [6, 6.07) is 6.38. The minimum atomic E-state index is 0.157. The third kappa shape index (κ3) is 3.38. The molecule has 0 aromatic carbocycles. The predicted octanol–water partition coefficient (Wildman–Crippen LogP) is 3.32. The molecule has 2 heterocycles. The molecule has 4 heteroatoms. The van der Waals surface area contributed by atoms with Gasteiger partial charge >= 0.3 is 0 Å². The van der Waals surface area contributed by atoms with Crippen LogP contribution in [-0.2, 0) is 7.05 Å². The van der Waals surface area contributed by atoms with Gasteiger partial charge in [-0.05, 0) is 54.8 Å². The van der Waals surface area contributed by atoms with Crippen molar-refractivity contribution in [3.63, 3.8) is 0 Å². The lowest BCUT2D eigenvalue weighted by Gasteiger charge is -2.22. The number of nitrogens with one attached hydrogen (secondary N) is 1. The van der Waals surface area contributed by atoms with Crippen LogP contribution >= 0.6 is 0 Å². The van der Waals surface area contributed by atoms with E-state index in [1.165, 1.54) is 30.5 Å². The molecule has 2 atom stereocenters. The summed E-state index contributed by atoms with van der Waals surface area (Å²) >= 11 is 0. The summed E-state index contributed by atoms with van der Waals surface area (Å²) in [5, 5.41) is 8.08. The Bertz CT molecular complexity index is 603. The molecule has 3 rings (SSSR count). The van der Waals surface area contributed by atoms with Crippen molar-refractivity contribution < 1.29 is 0 Å². The summed E-state index contributed by atoms with van der Waals surface area (Å²) in [5.74, 6) is 0.766. The maximum Gasteiger partial charge on any atom is 0.0763 e. The average molecular weight is 298 g/mol. The number of pyridine rings is 1. The van der Waals surface area contributed by atoms with Crippen molar-refractivity contribution in [3.05, 3.63) is 48.0 Å². The number of hydrogen-bond donors (Lipinski definition) is 1. The van der Waals surface area contributed by atoms with E-state index in [4.69, 9.17) is 0 Å². The van der Waals surface area contributed by atoms with Crippen molar-refractivity contribution in [2.24, 2.45) is 18.4 Å². The van der Waals surface area contributed by atoms with Gasteiger partial charge in [-0.15, -0.1) is 0 Å². The fourth-order valence-corrected chi connectivity index (χ4v) is 3.65. The zero-order chi connectivity index (χ0) is 15.6. The van der Waals surface area contributed by atoms with E-state index in [1.807, 2.05) is 36.4 Å². The molecule has 0 aliphatic heterocycles. The smallest absolute Gasteiger partial charge is 0.0763 e. The highest BCUT2D eigenvalue weighted by Crippen LogP contribution is 2.40. The van der Waals surface area contributed by atoms with E-state index in [2.05, 4.69) is 41.4 Å². The molecule has 1 fully saturated rings. The van der Waals surface area contributed by atoms with E-state index in [9.17, 15) is 0 Å². The Labute approximate surface area is 133 Å². The second-order valence-electron chi connectivity index (χ2n) is 7.28. The van der Waals surface area contributed by atoms with Crippen LogP contribution in [0.1, 0.15) is 50.4 Å². The van der Waals surface area contributed by atoms with E-state index in [1.54, 1.807) is 0 Å². The van der Waals surface area contributed by atoms with Gasteiger partial charge in [-0.25, -0.2) is 0 Å². The Morgan fingerprint density at radius 3 is 2.82 bits per heavy atom. The molecule has 2 aromatic heterocycles. The van der Waals surface area contributed by atoms with Crippen LogP contribution < -0.4 is 5.32 Å². The molecule has 0 radical (unpaired) electrons. The maximum absolute atomic E-state index is 4.32. The van der Waals surface area contributed by atoms with Crippen LogP contribution in [0, 0.1) is 11.3 Å². The molecule has 0 spiro atoms. The number of aromatic nitrogens is 3. The zero-order valence-corrected chi connectivity index (χ0v) is 13.8. The van der Waals surface area contributed by atoms with Crippen LogP contribution in [0.2, 0.25) is 0 Å². The second kappa shape index (κ2) is 6.21. The first-order valence-corrected chi connectivity index (χ1v) is 8.16. The first kappa shape index (κ1) is 15.2. The number of aryl methyl sites for hydroxylation is 1. The van der Waals surface area contributed by atoms with Gasteiger partial charge in [-0.2, -0.15) is 5.10 Å². The van der Waals surface area contributed by atoms with Crippen LogP contribution in [0.3, 0.4) is 0 Å². The van der Waals surface area contributed by atoms with Crippen LogP contribution in [0.4, 0.5) is 0 Å². The van der Waals surface area contributed by atoms with Gasteiger partial charge in [-0.3, -0.25) is 9.67 Å². The molecule has 0 saturated heterocycles. The first-order chi connectivity index (χ1) is 10.6. The Morgan fingerprint density at radius 1 is 1.36 bits per heavy atom. The maximum atomic E-state index is 4.32. The molecule has 1 N–H and O–H groups in total. The van der Waals surface area contributed by atoms with Crippen LogP contribution in [0.15, 0.2) is 36.8 Å². The SMILES string of the molecule is Cn1nccc1C(NCC1CCC(C)(C)C1)c1cccnc1. The molecule has 1 aliphatic rings. The van der Waals surface area contributed by atoms with Crippen molar-refractivity contribution in [2.45, 2.75) is 39.2 Å². The molecule has 1 aliphatic carbocycles. The van der Waals surface area contributed by atoms with Gasteiger partial charge in [0.05, 0.1) is 11.7 Å². The summed E-state index contributed by atoms with van der Waals surface area (Å²) in [5.41, 5.74) is 2.89. The lowest BCUT2D eigenvalue weighted by Crippen LogP contribution is -2.29. The summed E-state index contributed by atoms with van der Waals surface area (Å²) in [7, 11) is 2.00. The molecule has 0 bridgehead atoms. The lowest BCUT2D eigenvalue weighted by atomic mass is 9.90. The van der Waals surface area contributed by atoms with Gasteiger partial charge in [0.2, 0.25) is 0 Å². The quantitative estimate of drug-likeness (QED) is 0.921. The number of rotatable bonds is 5.